The van der Waals surface area contributed by atoms with Crippen molar-refractivity contribution in [2.45, 2.75) is 31.9 Å². The first kappa shape index (κ1) is 14.3. The molecule has 1 aromatic heterocycles. The third-order valence-corrected chi connectivity index (χ3v) is 4.32. The van der Waals surface area contributed by atoms with Crippen molar-refractivity contribution < 1.29 is 18.7 Å². The van der Waals surface area contributed by atoms with Crippen LogP contribution in [0, 0.1) is 0 Å². The summed E-state index contributed by atoms with van der Waals surface area (Å²) in [4.78, 5) is 18.5. The molecule has 0 aromatic carbocycles. The van der Waals surface area contributed by atoms with Crippen LogP contribution >= 0.6 is 11.6 Å². The number of aromatic nitrogens is 1. The Morgan fingerprint density at radius 2 is 2.24 bits per heavy atom. The van der Waals surface area contributed by atoms with Gasteiger partial charge < -0.3 is 14.9 Å². The number of carboxylic acid groups (broad SMARTS) is 1. The van der Waals surface area contributed by atoms with Crippen molar-refractivity contribution in [3.63, 3.8) is 0 Å². The lowest BCUT2D eigenvalue weighted by atomic mass is 10.1. The van der Waals surface area contributed by atoms with E-state index in [0.29, 0.717) is 25.3 Å². The van der Waals surface area contributed by atoms with Gasteiger partial charge in [-0.15, -0.1) is 0 Å². The Morgan fingerprint density at radius 3 is 2.86 bits per heavy atom. The Hall–Kier alpha value is -1.63. The number of hydrogen-bond donors (Lipinski definition) is 1. The van der Waals surface area contributed by atoms with Crippen molar-refractivity contribution in [3.05, 3.63) is 22.3 Å². The summed E-state index contributed by atoms with van der Waals surface area (Å²) >= 11 is 5.85. The van der Waals surface area contributed by atoms with Crippen LogP contribution in [-0.2, 0) is 6.42 Å². The minimum atomic E-state index is -2.72. The first-order chi connectivity index (χ1) is 9.88. The molecule has 0 saturated carbocycles. The molecule has 1 amide bonds. The van der Waals surface area contributed by atoms with Crippen molar-refractivity contribution >= 4 is 23.5 Å². The van der Waals surface area contributed by atoms with Gasteiger partial charge in [-0.3, -0.25) is 0 Å². The van der Waals surface area contributed by atoms with E-state index in [1.807, 2.05) is 11.8 Å². The second-order valence-corrected chi connectivity index (χ2v) is 5.85. The molecule has 1 aromatic rings. The van der Waals surface area contributed by atoms with Crippen molar-refractivity contribution in [2.75, 3.05) is 18.0 Å². The molecule has 5 nitrogen and oxygen atoms in total. The zero-order chi connectivity index (χ0) is 15.3. The van der Waals surface area contributed by atoms with Crippen LogP contribution < -0.4 is 4.90 Å². The maximum Gasteiger partial charge on any atom is 0.407 e. The summed E-state index contributed by atoms with van der Waals surface area (Å²) in [5.74, 6) is 0.511. The van der Waals surface area contributed by atoms with Gasteiger partial charge in [-0.2, -0.15) is 0 Å². The molecule has 3 rings (SSSR count). The molecule has 0 radical (unpaired) electrons. The van der Waals surface area contributed by atoms with E-state index in [2.05, 4.69) is 4.98 Å². The topological polar surface area (TPSA) is 56.7 Å². The number of pyridine rings is 1. The molecule has 3 heterocycles. The average Bonchev–Trinajstić information content (AvgIpc) is 2.74. The third-order valence-electron chi connectivity index (χ3n) is 4.02. The largest absolute Gasteiger partial charge is 0.465 e. The number of carbonyl (C=O) groups is 1. The summed E-state index contributed by atoms with van der Waals surface area (Å²) in [6.45, 7) is 2.55. The fraction of sp³-hybridized carbons (Fsp3) is 0.538. The predicted octanol–water partition coefficient (Wildman–Crippen LogP) is 2.79. The van der Waals surface area contributed by atoms with E-state index >= 15 is 0 Å². The summed E-state index contributed by atoms with van der Waals surface area (Å²) in [5, 5.41) is 9.09. The lowest BCUT2D eigenvalue weighted by Crippen LogP contribution is -2.58. The third kappa shape index (κ3) is 2.29. The van der Waals surface area contributed by atoms with Gasteiger partial charge in [-0.05, 0) is 25.0 Å². The molecule has 0 unspecified atom stereocenters. The quantitative estimate of drug-likeness (QED) is 0.865. The second-order valence-electron chi connectivity index (χ2n) is 5.44. The van der Waals surface area contributed by atoms with Crippen LogP contribution in [-0.4, -0.2) is 46.3 Å². The lowest BCUT2D eigenvalue weighted by molar-refractivity contribution is 0.128. The number of piperazine rings is 1. The molecule has 1 saturated heterocycles. The van der Waals surface area contributed by atoms with Crippen LogP contribution in [0.2, 0.25) is 5.02 Å². The van der Waals surface area contributed by atoms with E-state index in [1.54, 1.807) is 0 Å². The van der Waals surface area contributed by atoms with Gasteiger partial charge in [-0.25, -0.2) is 18.6 Å². The average molecular weight is 318 g/mol. The zero-order valence-electron chi connectivity index (χ0n) is 11.3. The van der Waals surface area contributed by atoms with Gasteiger partial charge in [-0.1, -0.05) is 11.6 Å². The number of alkyl halides is 2. The molecule has 21 heavy (non-hydrogen) atoms. The van der Waals surface area contributed by atoms with Crippen molar-refractivity contribution in [2.24, 2.45) is 0 Å². The lowest BCUT2D eigenvalue weighted by Gasteiger charge is -2.42. The highest BCUT2D eigenvalue weighted by atomic mass is 35.5. The Balaban J connectivity index is 1.97. The monoisotopic (exact) mass is 317 g/mol. The van der Waals surface area contributed by atoms with Gasteiger partial charge in [0.2, 0.25) is 0 Å². The molecule has 2 atom stereocenters. The molecule has 1 fully saturated rings. The molecule has 8 heteroatoms. The van der Waals surface area contributed by atoms with E-state index < -0.39 is 18.2 Å². The highest BCUT2D eigenvalue weighted by Gasteiger charge is 2.41. The van der Waals surface area contributed by atoms with Crippen LogP contribution in [0.5, 0.6) is 0 Å². The minimum absolute atomic E-state index is 0.0358. The number of fused-ring (bicyclic) bond motifs is 3. The summed E-state index contributed by atoms with van der Waals surface area (Å²) in [5.41, 5.74) is 0.386. The van der Waals surface area contributed by atoms with E-state index in [0.717, 1.165) is 5.56 Å². The molecule has 0 spiro atoms. The van der Waals surface area contributed by atoms with Crippen LogP contribution in [0.25, 0.3) is 0 Å². The first-order valence-electron chi connectivity index (χ1n) is 6.62. The highest BCUT2D eigenvalue weighted by molar-refractivity contribution is 6.31. The number of rotatable bonds is 1. The summed E-state index contributed by atoms with van der Waals surface area (Å²) in [6.07, 6.45) is -3.12. The van der Waals surface area contributed by atoms with Crippen LogP contribution in [0.1, 0.15) is 24.6 Å². The molecular weight excluding hydrogens is 304 g/mol. The number of hydrogen-bond acceptors (Lipinski definition) is 3. The molecular formula is C13H14ClF2N3O2. The number of halogens is 3. The minimum Gasteiger partial charge on any atom is -0.465 e. The molecule has 2 aliphatic heterocycles. The summed E-state index contributed by atoms with van der Waals surface area (Å²) in [6, 6.07) is 1.35. The van der Waals surface area contributed by atoms with E-state index in [-0.39, 0.29) is 17.1 Å². The van der Waals surface area contributed by atoms with Crippen LogP contribution in [0.3, 0.4) is 0 Å². The van der Waals surface area contributed by atoms with Gasteiger partial charge in [0, 0.05) is 19.1 Å². The zero-order valence-corrected chi connectivity index (χ0v) is 12.0. The molecule has 0 bridgehead atoms. The van der Waals surface area contributed by atoms with E-state index in [4.69, 9.17) is 16.7 Å². The maximum absolute atomic E-state index is 12.9. The van der Waals surface area contributed by atoms with Crippen LogP contribution in [0.4, 0.5) is 19.4 Å². The van der Waals surface area contributed by atoms with Crippen molar-refractivity contribution in [1.82, 2.24) is 9.88 Å². The normalized spacial score (nSPS) is 24.2. The second kappa shape index (κ2) is 4.98. The molecule has 2 aliphatic rings. The standard InChI is InChI=1S/C13H14ClF2N3O2/c1-6-4-18(13(20)21)5-8-2-7-3-9(14)10(11(15)16)17-12(7)19(6)8/h3,6,8,11H,2,4-5H2,1H3,(H,20,21)/t6-,8-/m1/s1. The van der Waals surface area contributed by atoms with Crippen molar-refractivity contribution in [1.29, 1.82) is 0 Å². The smallest absolute Gasteiger partial charge is 0.407 e. The first-order valence-corrected chi connectivity index (χ1v) is 7.00. The van der Waals surface area contributed by atoms with Gasteiger partial charge in [0.15, 0.2) is 0 Å². The van der Waals surface area contributed by atoms with Gasteiger partial charge in [0.05, 0.1) is 11.1 Å². The summed E-state index contributed by atoms with van der Waals surface area (Å²) in [7, 11) is 0. The highest BCUT2D eigenvalue weighted by Crippen LogP contribution is 2.39. The van der Waals surface area contributed by atoms with Gasteiger partial charge in [0.25, 0.3) is 6.43 Å². The predicted molar refractivity (Wildman–Crippen MR) is 73.2 cm³/mol. The number of amides is 1. The SMILES string of the molecule is C[C@@H]1CN(C(=O)O)C[C@H]2Cc3cc(Cl)c(C(F)F)nc3N21. The Labute approximate surface area is 125 Å². The van der Waals surface area contributed by atoms with Crippen molar-refractivity contribution in [3.8, 4) is 0 Å². The fourth-order valence-electron chi connectivity index (χ4n) is 3.20. The maximum atomic E-state index is 12.9. The van der Waals surface area contributed by atoms with E-state index in [1.165, 1.54) is 11.0 Å². The van der Waals surface area contributed by atoms with Crippen LogP contribution in [0.15, 0.2) is 6.07 Å². The number of anilines is 1. The van der Waals surface area contributed by atoms with Gasteiger partial charge in [0.1, 0.15) is 11.5 Å². The Kier molecular flexibility index (Phi) is 3.39. The van der Waals surface area contributed by atoms with Gasteiger partial charge >= 0.3 is 6.09 Å². The number of nitrogens with zero attached hydrogens (tertiary/aromatic N) is 3. The molecule has 1 N–H and O–H groups in total. The molecule has 0 aliphatic carbocycles. The molecule has 114 valence electrons. The summed E-state index contributed by atoms with van der Waals surface area (Å²) < 4.78 is 25.9. The van der Waals surface area contributed by atoms with E-state index in [9.17, 15) is 13.6 Å². The fourth-order valence-corrected chi connectivity index (χ4v) is 3.45. The Morgan fingerprint density at radius 1 is 1.52 bits per heavy atom. The Bertz CT molecular complexity index is 599.